The predicted molar refractivity (Wildman–Crippen MR) is 47.2 cm³/mol. The molecule has 3 nitrogen and oxygen atoms in total. The molecule has 0 aromatic carbocycles. The number of ether oxygens (including phenoxy) is 2. The minimum atomic E-state index is -0.124. The lowest BCUT2D eigenvalue weighted by molar-refractivity contribution is -0.108. The highest BCUT2D eigenvalue weighted by Gasteiger charge is 2.15. The van der Waals surface area contributed by atoms with Gasteiger partial charge in [-0.1, -0.05) is 0 Å². The van der Waals surface area contributed by atoms with Crippen molar-refractivity contribution in [3.8, 4) is 0 Å². The SMILES string of the molecule is COC(C)(C)CCOCCC=O. The first-order valence-corrected chi connectivity index (χ1v) is 4.19. The van der Waals surface area contributed by atoms with Crippen molar-refractivity contribution in [3.05, 3.63) is 0 Å². The van der Waals surface area contributed by atoms with Crippen molar-refractivity contribution < 1.29 is 14.3 Å². The first-order chi connectivity index (χ1) is 5.62. The fourth-order valence-corrected chi connectivity index (χ4v) is 0.654. The molecule has 0 atom stereocenters. The standard InChI is InChI=1S/C9H18O3/c1-9(2,11-3)5-8-12-7-4-6-10/h6H,4-5,7-8H2,1-3H3. The van der Waals surface area contributed by atoms with Crippen LogP contribution >= 0.6 is 0 Å². The fraction of sp³-hybridized carbons (Fsp3) is 0.889. The number of methoxy groups -OCH3 is 1. The Bertz CT molecular complexity index is 121. The molecule has 0 spiro atoms. The molecule has 0 aliphatic heterocycles. The molecule has 3 heteroatoms. The van der Waals surface area contributed by atoms with Crippen LogP contribution in [-0.2, 0) is 14.3 Å². The number of carbonyl (C=O) groups is 1. The van der Waals surface area contributed by atoms with Crippen LogP contribution in [0.1, 0.15) is 26.7 Å². The molecule has 0 aliphatic rings. The van der Waals surface area contributed by atoms with Crippen molar-refractivity contribution >= 4 is 6.29 Å². The molecule has 0 bridgehead atoms. The normalized spacial score (nSPS) is 11.6. The molecule has 72 valence electrons. The Morgan fingerprint density at radius 1 is 1.33 bits per heavy atom. The minimum Gasteiger partial charge on any atom is -0.381 e. The fourth-order valence-electron chi connectivity index (χ4n) is 0.654. The molecule has 0 fully saturated rings. The molecule has 0 N–H and O–H groups in total. The van der Waals surface area contributed by atoms with Crippen molar-refractivity contribution in [2.24, 2.45) is 0 Å². The van der Waals surface area contributed by atoms with Gasteiger partial charge in [0.05, 0.1) is 12.2 Å². The van der Waals surface area contributed by atoms with Gasteiger partial charge in [-0.3, -0.25) is 0 Å². The van der Waals surface area contributed by atoms with Gasteiger partial charge in [-0.15, -0.1) is 0 Å². The van der Waals surface area contributed by atoms with Crippen LogP contribution in [0.3, 0.4) is 0 Å². The predicted octanol–water partition coefficient (Wildman–Crippen LogP) is 1.41. The smallest absolute Gasteiger partial charge is 0.122 e. The van der Waals surface area contributed by atoms with Gasteiger partial charge in [0, 0.05) is 20.1 Å². The van der Waals surface area contributed by atoms with E-state index in [0.717, 1.165) is 12.7 Å². The topological polar surface area (TPSA) is 35.5 Å². The van der Waals surface area contributed by atoms with Crippen LogP contribution in [0.15, 0.2) is 0 Å². The Morgan fingerprint density at radius 3 is 2.50 bits per heavy atom. The van der Waals surface area contributed by atoms with Gasteiger partial charge < -0.3 is 14.3 Å². The second kappa shape index (κ2) is 6.14. The minimum absolute atomic E-state index is 0.124. The third-order valence-corrected chi connectivity index (χ3v) is 1.78. The highest BCUT2D eigenvalue weighted by Crippen LogP contribution is 2.12. The summed E-state index contributed by atoms with van der Waals surface area (Å²) in [7, 11) is 1.69. The van der Waals surface area contributed by atoms with E-state index in [-0.39, 0.29) is 5.60 Å². The van der Waals surface area contributed by atoms with Gasteiger partial charge in [0.2, 0.25) is 0 Å². The summed E-state index contributed by atoms with van der Waals surface area (Å²) in [5, 5.41) is 0. The number of rotatable bonds is 7. The lowest BCUT2D eigenvalue weighted by atomic mass is 10.1. The van der Waals surface area contributed by atoms with Crippen molar-refractivity contribution in [1.29, 1.82) is 0 Å². The summed E-state index contributed by atoms with van der Waals surface area (Å²) in [6.45, 7) is 5.18. The Labute approximate surface area is 74.0 Å². The van der Waals surface area contributed by atoms with Crippen LogP contribution in [0.2, 0.25) is 0 Å². The van der Waals surface area contributed by atoms with Gasteiger partial charge in [0.25, 0.3) is 0 Å². The van der Waals surface area contributed by atoms with Gasteiger partial charge >= 0.3 is 0 Å². The maximum atomic E-state index is 9.92. The third kappa shape index (κ3) is 6.31. The first-order valence-electron chi connectivity index (χ1n) is 4.19. The molecule has 0 rings (SSSR count). The summed E-state index contributed by atoms with van der Waals surface area (Å²) in [6.07, 6.45) is 2.19. The molecule has 0 unspecified atom stereocenters. The molecule has 0 amide bonds. The van der Waals surface area contributed by atoms with Gasteiger partial charge in [0.15, 0.2) is 0 Å². The molecule has 0 saturated carbocycles. The summed E-state index contributed by atoms with van der Waals surface area (Å²) >= 11 is 0. The second-order valence-electron chi connectivity index (χ2n) is 3.28. The van der Waals surface area contributed by atoms with Crippen LogP contribution in [0.25, 0.3) is 0 Å². The quantitative estimate of drug-likeness (QED) is 0.432. The molecule has 0 aliphatic carbocycles. The average Bonchev–Trinajstić information content (AvgIpc) is 2.04. The van der Waals surface area contributed by atoms with Crippen LogP contribution in [-0.4, -0.2) is 32.2 Å². The van der Waals surface area contributed by atoms with Crippen LogP contribution in [0.5, 0.6) is 0 Å². The summed E-state index contributed by atoms with van der Waals surface area (Å²) in [4.78, 5) is 9.92. The second-order valence-corrected chi connectivity index (χ2v) is 3.28. The van der Waals surface area contributed by atoms with E-state index >= 15 is 0 Å². The summed E-state index contributed by atoms with van der Waals surface area (Å²) in [6, 6.07) is 0. The Balaban J connectivity index is 3.24. The van der Waals surface area contributed by atoms with Crippen LogP contribution in [0, 0.1) is 0 Å². The van der Waals surface area contributed by atoms with Crippen molar-refractivity contribution in [1.82, 2.24) is 0 Å². The molecule has 0 heterocycles. The largest absolute Gasteiger partial charge is 0.381 e. The highest BCUT2D eigenvalue weighted by molar-refractivity contribution is 5.49. The molecule has 0 aromatic heterocycles. The van der Waals surface area contributed by atoms with E-state index in [0.29, 0.717) is 19.6 Å². The lowest BCUT2D eigenvalue weighted by Crippen LogP contribution is -2.24. The molecule has 0 radical (unpaired) electrons. The van der Waals surface area contributed by atoms with Crippen molar-refractivity contribution in [2.75, 3.05) is 20.3 Å². The molecular formula is C9H18O3. The van der Waals surface area contributed by atoms with Gasteiger partial charge in [-0.2, -0.15) is 0 Å². The first kappa shape index (κ1) is 11.6. The maximum Gasteiger partial charge on any atom is 0.122 e. The van der Waals surface area contributed by atoms with Gasteiger partial charge in [0.1, 0.15) is 6.29 Å². The van der Waals surface area contributed by atoms with Crippen molar-refractivity contribution in [2.45, 2.75) is 32.3 Å². The van der Waals surface area contributed by atoms with Gasteiger partial charge in [-0.25, -0.2) is 0 Å². The zero-order valence-electron chi connectivity index (χ0n) is 8.13. The number of carbonyl (C=O) groups excluding carboxylic acids is 1. The van der Waals surface area contributed by atoms with E-state index in [2.05, 4.69) is 0 Å². The monoisotopic (exact) mass is 174 g/mol. The number of hydrogen-bond donors (Lipinski definition) is 0. The van der Waals surface area contributed by atoms with E-state index in [4.69, 9.17) is 9.47 Å². The molecule has 12 heavy (non-hydrogen) atoms. The Kier molecular flexibility index (Phi) is 5.93. The average molecular weight is 174 g/mol. The van der Waals surface area contributed by atoms with Crippen LogP contribution < -0.4 is 0 Å². The Hall–Kier alpha value is -0.410. The lowest BCUT2D eigenvalue weighted by Gasteiger charge is -2.22. The zero-order chi connectivity index (χ0) is 9.45. The summed E-state index contributed by atoms with van der Waals surface area (Å²) in [5.41, 5.74) is -0.124. The van der Waals surface area contributed by atoms with E-state index in [1.807, 2.05) is 13.8 Å². The maximum absolute atomic E-state index is 9.92. The summed E-state index contributed by atoms with van der Waals surface area (Å²) in [5.74, 6) is 0. The molecule has 0 saturated heterocycles. The Morgan fingerprint density at radius 2 is 2.00 bits per heavy atom. The molecular weight excluding hydrogens is 156 g/mol. The number of hydrogen-bond acceptors (Lipinski definition) is 3. The number of aldehydes is 1. The highest BCUT2D eigenvalue weighted by atomic mass is 16.5. The van der Waals surface area contributed by atoms with E-state index < -0.39 is 0 Å². The van der Waals surface area contributed by atoms with E-state index in [1.165, 1.54) is 0 Å². The van der Waals surface area contributed by atoms with Gasteiger partial charge in [-0.05, 0) is 20.3 Å². The zero-order valence-corrected chi connectivity index (χ0v) is 8.13. The van der Waals surface area contributed by atoms with E-state index in [1.54, 1.807) is 7.11 Å². The van der Waals surface area contributed by atoms with E-state index in [9.17, 15) is 4.79 Å². The molecule has 0 aromatic rings. The van der Waals surface area contributed by atoms with Crippen molar-refractivity contribution in [3.63, 3.8) is 0 Å². The van der Waals surface area contributed by atoms with Crippen LogP contribution in [0.4, 0.5) is 0 Å². The summed E-state index contributed by atoms with van der Waals surface area (Å²) < 4.78 is 10.4. The third-order valence-electron chi connectivity index (χ3n) is 1.78.